The van der Waals surface area contributed by atoms with Crippen LogP contribution in [0.3, 0.4) is 0 Å². The summed E-state index contributed by atoms with van der Waals surface area (Å²) in [5.74, 6) is 1.25. The fourth-order valence-corrected chi connectivity index (χ4v) is 2.75. The molecule has 0 unspecified atom stereocenters. The number of nitrogens with one attached hydrogen (secondary N) is 1. The summed E-state index contributed by atoms with van der Waals surface area (Å²) in [5, 5.41) is 7.60. The summed E-state index contributed by atoms with van der Waals surface area (Å²) in [7, 11) is 3.26. The van der Waals surface area contributed by atoms with Crippen molar-refractivity contribution in [2.24, 2.45) is 5.92 Å². The van der Waals surface area contributed by atoms with Crippen molar-refractivity contribution in [1.82, 2.24) is 14.7 Å². The highest BCUT2D eigenvalue weighted by molar-refractivity contribution is 5.94. The van der Waals surface area contributed by atoms with Gasteiger partial charge < -0.3 is 15.0 Å². The van der Waals surface area contributed by atoms with E-state index in [0.717, 1.165) is 17.1 Å². The van der Waals surface area contributed by atoms with Crippen LogP contribution in [0.2, 0.25) is 0 Å². The van der Waals surface area contributed by atoms with Gasteiger partial charge >= 0.3 is 0 Å². The van der Waals surface area contributed by atoms with Gasteiger partial charge in [-0.25, -0.2) is 4.68 Å². The Labute approximate surface area is 173 Å². The maximum absolute atomic E-state index is 12.6. The number of likely N-dealkylation sites (N-methyl/N-ethyl adjacent to an activating group) is 1. The number of carbonyl (C=O) groups excluding carboxylic acids is 2. The Hall–Kier alpha value is -2.83. The Balaban J connectivity index is 2.25. The van der Waals surface area contributed by atoms with Gasteiger partial charge in [-0.3, -0.25) is 9.59 Å². The van der Waals surface area contributed by atoms with Gasteiger partial charge in [0.25, 0.3) is 0 Å². The van der Waals surface area contributed by atoms with Gasteiger partial charge in [-0.1, -0.05) is 34.6 Å². The highest BCUT2D eigenvalue weighted by atomic mass is 16.5. The van der Waals surface area contributed by atoms with Crippen LogP contribution in [-0.4, -0.2) is 47.2 Å². The minimum atomic E-state index is -0.264. The van der Waals surface area contributed by atoms with Crippen LogP contribution in [0.15, 0.2) is 30.3 Å². The van der Waals surface area contributed by atoms with Crippen LogP contribution in [-0.2, 0) is 15.0 Å². The third-order valence-electron chi connectivity index (χ3n) is 4.45. The Morgan fingerprint density at radius 1 is 1.21 bits per heavy atom. The second-order valence-corrected chi connectivity index (χ2v) is 8.67. The normalized spacial score (nSPS) is 11.4. The van der Waals surface area contributed by atoms with Crippen LogP contribution in [0.4, 0.5) is 5.82 Å². The van der Waals surface area contributed by atoms with Gasteiger partial charge in [0.1, 0.15) is 11.6 Å². The first-order valence-electron chi connectivity index (χ1n) is 9.80. The molecule has 0 spiro atoms. The molecule has 2 rings (SSSR count). The molecular formula is C22H32N4O3. The van der Waals surface area contributed by atoms with E-state index < -0.39 is 0 Å². The molecule has 1 N–H and O–H groups in total. The number of methoxy groups -OCH3 is 1. The van der Waals surface area contributed by atoms with Crippen molar-refractivity contribution < 1.29 is 14.3 Å². The van der Waals surface area contributed by atoms with Crippen molar-refractivity contribution in [2.45, 2.75) is 46.5 Å². The molecule has 158 valence electrons. The highest BCUT2D eigenvalue weighted by Crippen LogP contribution is 2.27. The van der Waals surface area contributed by atoms with Crippen molar-refractivity contribution in [2.75, 3.05) is 26.0 Å². The molecule has 0 saturated heterocycles. The molecule has 7 heteroatoms. The fraction of sp³-hybridized carbons (Fsp3) is 0.500. The van der Waals surface area contributed by atoms with Crippen LogP contribution in [0, 0.1) is 5.92 Å². The molecule has 1 aromatic carbocycles. The molecule has 0 bridgehead atoms. The van der Waals surface area contributed by atoms with Crippen molar-refractivity contribution in [3.63, 3.8) is 0 Å². The minimum Gasteiger partial charge on any atom is -0.497 e. The van der Waals surface area contributed by atoms with Gasteiger partial charge in [-0.2, -0.15) is 5.10 Å². The smallest absolute Gasteiger partial charge is 0.245 e. The van der Waals surface area contributed by atoms with E-state index in [4.69, 9.17) is 9.84 Å². The zero-order valence-electron chi connectivity index (χ0n) is 18.4. The van der Waals surface area contributed by atoms with E-state index >= 15 is 0 Å². The summed E-state index contributed by atoms with van der Waals surface area (Å²) in [6.45, 7) is 10.2. The predicted molar refractivity (Wildman–Crippen MR) is 115 cm³/mol. The zero-order valence-corrected chi connectivity index (χ0v) is 18.4. The standard InChI is InChI=1S/C22H32N4O3/c1-15(2)12-21(28)25(6)14-20(27)23-19-13-18(22(3,4)5)24-26(19)16-8-10-17(29-7)11-9-16/h8-11,13,15H,12,14H2,1-7H3,(H,23,27). The van der Waals surface area contributed by atoms with E-state index in [1.807, 2.05) is 44.2 Å². The minimum absolute atomic E-state index is 0.00973. The molecule has 1 heterocycles. The van der Waals surface area contributed by atoms with E-state index in [-0.39, 0.29) is 29.7 Å². The lowest BCUT2D eigenvalue weighted by Gasteiger charge is -2.18. The van der Waals surface area contributed by atoms with E-state index in [2.05, 4.69) is 26.1 Å². The lowest BCUT2D eigenvalue weighted by molar-refractivity contribution is -0.133. The van der Waals surface area contributed by atoms with Crippen LogP contribution in [0.5, 0.6) is 5.75 Å². The fourth-order valence-electron chi connectivity index (χ4n) is 2.75. The number of aromatic nitrogens is 2. The van der Waals surface area contributed by atoms with Crippen molar-refractivity contribution in [3.05, 3.63) is 36.0 Å². The second-order valence-electron chi connectivity index (χ2n) is 8.67. The number of benzene rings is 1. The molecule has 0 aliphatic carbocycles. The lowest BCUT2D eigenvalue weighted by atomic mass is 9.92. The van der Waals surface area contributed by atoms with Gasteiger partial charge in [-0.05, 0) is 30.2 Å². The molecule has 2 aromatic rings. The number of hydrogen-bond acceptors (Lipinski definition) is 4. The molecule has 0 aliphatic rings. The molecular weight excluding hydrogens is 368 g/mol. The molecule has 0 atom stereocenters. The van der Waals surface area contributed by atoms with E-state index in [9.17, 15) is 9.59 Å². The maximum atomic E-state index is 12.6. The monoisotopic (exact) mass is 400 g/mol. The van der Waals surface area contributed by atoms with E-state index in [1.165, 1.54) is 4.90 Å². The topological polar surface area (TPSA) is 76.5 Å². The Morgan fingerprint density at radius 2 is 1.83 bits per heavy atom. The predicted octanol–water partition coefficient (Wildman–Crippen LogP) is 3.62. The van der Waals surface area contributed by atoms with Crippen LogP contribution >= 0.6 is 0 Å². The van der Waals surface area contributed by atoms with Gasteiger partial charge in [0.05, 0.1) is 25.0 Å². The zero-order chi connectivity index (χ0) is 21.8. The van der Waals surface area contributed by atoms with Crippen LogP contribution in [0.25, 0.3) is 5.69 Å². The molecule has 7 nitrogen and oxygen atoms in total. The largest absolute Gasteiger partial charge is 0.497 e. The van der Waals surface area contributed by atoms with E-state index in [0.29, 0.717) is 12.2 Å². The average Bonchev–Trinajstić information content (AvgIpc) is 3.05. The first-order chi connectivity index (χ1) is 13.5. The molecule has 0 saturated carbocycles. The Bertz CT molecular complexity index is 848. The maximum Gasteiger partial charge on any atom is 0.245 e. The number of nitrogens with zero attached hydrogens (tertiary/aromatic N) is 3. The van der Waals surface area contributed by atoms with Crippen molar-refractivity contribution in [1.29, 1.82) is 0 Å². The van der Waals surface area contributed by atoms with Crippen LogP contribution in [0.1, 0.15) is 46.7 Å². The van der Waals surface area contributed by atoms with Crippen molar-refractivity contribution >= 4 is 17.6 Å². The lowest BCUT2D eigenvalue weighted by Crippen LogP contribution is -2.35. The SMILES string of the molecule is COc1ccc(-n2nc(C(C)(C)C)cc2NC(=O)CN(C)C(=O)CC(C)C)cc1. The molecule has 0 radical (unpaired) electrons. The van der Waals surface area contributed by atoms with Crippen LogP contribution < -0.4 is 10.1 Å². The number of anilines is 1. The first kappa shape index (κ1) is 22.5. The molecule has 2 amide bonds. The average molecular weight is 401 g/mol. The summed E-state index contributed by atoms with van der Waals surface area (Å²) < 4.78 is 6.92. The summed E-state index contributed by atoms with van der Waals surface area (Å²) in [4.78, 5) is 26.2. The quantitative estimate of drug-likeness (QED) is 0.770. The van der Waals surface area contributed by atoms with Gasteiger partial charge in [0.2, 0.25) is 11.8 Å². The summed E-state index contributed by atoms with van der Waals surface area (Å²) in [6.07, 6.45) is 0.418. The Kier molecular flexibility index (Phi) is 7.06. The third kappa shape index (κ3) is 6.07. The van der Waals surface area contributed by atoms with Crippen molar-refractivity contribution in [3.8, 4) is 11.4 Å². The van der Waals surface area contributed by atoms with E-state index in [1.54, 1.807) is 18.8 Å². The number of ether oxygens (including phenoxy) is 1. The van der Waals surface area contributed by atoms with Gasteiger partial charge in [-0.15, -0.1) is 0 Å². The number of hydrogen-bond donors (Lipinski definition) is 1. The Morgan fingerprint density at radius 3 is 2.34 bits per heavy atom. The van der Waals surface area contributed by atoms with Gasteiger partial charge in [0, 0.05) is 24.9 Å². The number of amides is 2. The molecule has 1 aromatic heterocycles. The summed E-state index contributed by atoms with van der Waals surface area (Å²) in [6, 6.07) is 9.33. The van der Waals surface area contributed by atoms with Gasteiger partial charge in [0.15, 0.2) is 0 Å². The number of rotatable bonds is 7. The highest BCUT2D eigenvalue weighted by Gasteiger charge is 2.22. The number of carbonyl (C=O) groups is 2. The second kappa shape index (κ2) is 9.11. The molecule has 0 fully saturated rings. The summed E-state index contributed by atoms with van der Waals surface area (Å²) >= 11 is 0. The first-order valence-corrected chi connectivity index (χ1v) is 9.80. The third-order valence-corrected chi connectivity index (χ3v) is 4.45. The molecule has 29 heavy (non-hydrogen) atoms. The molecule has 0 aliphatic heterocycles. The summed E-state index contributed by atoms with van der Waals surface area (Å²) in [5.41, 5.74) is 1.48.